The molecule has 0 aliphatic rings. The fourth-order valence-electron chi connectivity index (χ4n) is 3.22. The van der Waals surface area contributed by atoms with Crippen molar-refractivity contribution in [2.45, 2.75) is 92.9 Å². The van der Waals surface area contributed by atoms with Gasteiger partial charge in [-0.2, -0.15) is 0 Å². The van der Waals surface area contributed by atoms with Crippen LogP contribution >= 0.6 is 0 Å². The topological polar surface area (TPSA) is 3.24 Å². The quantitative estimate of drug-likeness (QED) is 0.233. The molecule has 0 fully saturated rings. The van der Waals surface area contributed by atoms with Crippen molar-refractivity contribution in [1.29, 1.82) is 0 Å². The van der Waals surface area contributed by atoms with Crippen LogP contribution in [0.4, 0.5) is 0 Å². The van der Waals surface area contributed by atoms with Crippen LogP contribution in [-0.4, -0.2) is 24.5 Å². The first kappa shape index (κ1) is 22.7. The Morgan fingerprint density at radius 1 is 0.913 bits per heavy atom. The van der Waals surface area contributed by atoms with E-state index >= 15 is 0 Å². The standard InChI is InChI=1S/C22H45N/c1-8-11-15-20(4)16-13-14-18-23(17-12-9-2)19-22(6,7)21(5)10-3/h10,20-21H,3,8-9,11-19H2,1-2,4-7H3/t20?,21-/m0/s1. The van der Waals surface area contributed by atoms with Crippen molar-refractivity contribution in [3.05, 3.63) is 12.7 Å². The normalized spacial score (nSPS) is 14.9. The molecule has 0 rings (SSSR count). The molecule has 2 atom stereocenters. The molecule has 23 heavy (non-hydrogen) atoms. The van der Waals surface area contributed by atoms with Gasteiger partial charge in [-0.1, -0.05) is 86.1 Å². The molecule has 0 bridgehead atoms. The SMILES string of the molecule is C=C[C@H](C)C(C)(C)CN(CCCC)CCCCC(C)CCCC. The average molecular weight is 324 g/mol. The summed E-state index contributed by atoms with van der Waals surface area (Å²) in [6, 6.07) is 0. The van der Waals surface area contributed by atoms with E-state index in [2.05, 4.69) is 59.1 Å². The van der Waals surface area contributed by atoms with Crippen molar-refractivity contribution in [3.63, 3.8) is 0 Å². The van der Waals surface area contributed by atoms with Gasteiger partial charge < -0.3 is 4.90 Å². The van der Waals surface area contributed by atoms with Gasteiger partial charge in [0.1, 0.15) is 0 Å². The van der Waals surface area contributed by atoms with Gasteiger partial charge in [-0.15, -0.1) is 6.58 Å². The Morgan fingerprint density at radius 3 is 2.04 bits per heavy atom. The molecule has 0 aliphatic heterocycles. The summed E-state index contributed by atoms with van der Waals surface area (Å²) in [7, 11) is 0. The van der Waals surface area contributed by atoms with E-state index in [9.17, 15) is 0 Å². The first-order valence-corrected chi connectivity index (χ1v) is 10.2. The smallest absolute Gasteiger partial charge is 0.00382 e. The highest BCUT2D eigenvalue weighted by molar-refractivity contribution is 4.89. The van der Waals surface area contributed by atoms with Gasteiger partial charge in [0, 0.05) is 6.54 Å². The lowest BCUT2D eigenvalue weighted by molar-refractivity contribution is 0.141. The Kier molecular flexibility index (Phi) is 12.9. The molecule has 1 unspecified atom stereocenters. The Bertz CT molecular complexity index is 282. The number of unbranched alkanes of at least 4 members (excludes halogenated alkanes) is 3. The van der Waals surface area contributed by atoms with E-state index in [1.54, 1.807) is 0 Å². The first-order chi connectivity index (χ1) is 10.9. The van der Waals surface area contributed by atoms with E-state index in [0.717, 1.165) is 5.92 Å². The molecule has 1 heteroatoms. The van der Waals surface area contributed by atoms with Gasteiger partial charge in [-0.05, 0) is 43.2 Å². The van der Waals surface area contributed by atoms with Gasteiger partial charge in [-0.25, -0.2) is 0 Å². The minimum atomic E-state index is 0.323. The predicted octanol–water partition coefficient (Wildman–Crippen LogP) is 6.93. The molecular weight excluding hydrogens is 278 g/mol. The second kappa shape index (κ2) is 13.0. The lowest BCUT2D eigenvalue weighted by atomic mass is 9.79. The van der Waals surface area contributed by atoms with Crippen molar-refractivity contribution in [2.75, 3.05) is 19.6 Å². The molecule has 0 aromatic carbocycles. The maximum atomic E-state index is 4.00. The van der Waals surface area contributed by atoms with Crippen molar-refractivity contribution < 1.29 is 0 Å². The second-order valence-corrected chi connectivity index (χ2v) is 8.39. The van der Waals surface area contributed by atoms with E-state index in [4.69, 9.17) is 0 Å². The van der Waals surface area contributed by atoms with Gasteiger partial charge >= 0.3 is 0 Å². The molecular formula is C22H45N. The van der Waals surface area contributed by atoms with Crippen LogP contribution in [0.3, 0.4) is 0 Å². The highest BCUT2D eigenvalue weighted by Crippen LogP contribution is 2.28. The van der Waals surface area contributed by atoms with Crippen LogP contribution in [0.5, 0.6) is 0 Å². The predicted molar refractivity (Wildman–Crippen MR) is 107 cm³/mol. The largest absolute Gasteiger partial charge is 0.303 e. The van der Waals surface area contributed by atoms with Crippen LogP contribution in [-0.2, 0) is 0 Å². The third-order valence-corrected chi connectivity index (χ3v) is 5.52. The molecule has 138 valence electrons. The molecule has 1 nitrogen and oxygen atoms in total. The number of hydrogen-bond donors (Lipinski definition) is 0. The number of allylic oxidation sites excluding steroid dienone is 1. The third kappa shape index (κ3) is 11.0. The van der Waals surface area contributed by atoms with E-state index in [0.29, 0.717) is 11.3 Å². The van der Waals surface area contributed by atoms with Crippen LogP contribution < -0.4 is 0 Å². The Labute approximate surface area is 147 Å². The summed E-state index contributed by atoms with van der Waals surface area (Å²) in [5.74, 6) is 1.48. The molecule has 0 radical (unpaired) electrons. The fourth-order valence-corrected chi connectivity index (χ4v) is 3.22. The van der Waals surface area contributed by atoms with Crippen LogP contribution in [0, 0.1) is 17.3 Å². The van der Waals surface area contributed by atoms with Crippen molar-refractivity contribution in [3.8, 4) is 0 Å². The fraction of sp³-hybridized carbons (Fsp3) is 0.909. The Morgan fingerprint density at radius 2 is 1.48 bits per heavy atom. The molecule has 0 aliphatic carbocycles. The lowest BCUT2D eigenvalue weighted by Crippen LogP contribution is -2.38. The zero-order valence-corrected chi connectivity index (χ0v) is 17.2. The van der Waals surface area contributed by atoms with E-state index in [1.165, 1.54) is 71.0 Å². The average Bonchev–Trinajstić information content (AvgIpc) is 2.53. The van der Waals surface area contributed by atoms with Crippen molar-refractivity contribution in [1.82, 2.24) is 4.90 Å². The van der Waals surface area contributed by atoms with E-state index in [-0.39, 0.29) is 0 Å². The van der Waals surface area contributed by atoms with Crippen molar-refractivity contribution in [2.24, 2.45) is 17.3 Å². The lowest BCUT2D eigenvalue weighted by Gasteiger charge is -2.36. The summed E-state index contributed by atoms with van der Waals surface area (Å²) >= 11 is 0. The van der Waals surface area contributed by atoms with Crippen LogP contribution in [0.2, 0.25) is 0 Å². The summed E-state index contributed by atoms with van der Waals surface area (Å²) in [5, 5.41) is 0. The second-order valence-electron chi connectivity index (χ2n) is 8.39. The number of rotatable bonds is 15. The maximum absolute atomic E-state index is 4.00. The zero-order valence-electron chi connectivity index (χ0n) is 17.2. The molecule has 0 amide bonds. The first-order valence-electron chi connectivity index (χ1n) is 10.2. The van der Waals surface area contributed by atoms with Crippen LogP contribution in [0.25, 0.3) is 0 Å². The molecule has 0 heterocycles. The summed E-state index contributed by atoms with van der Waals surface area (Å²) in [6.45, 7) is 21.8. The van der Waals surface area contributed by atoms with Gasteiger partial charge in [-0.3, -0.25) is 0 Å². The van der Waals surface area contributed by atoms with E-state index < -0.39 is 0 Å². The van der Waals surface area contributed by atoms with Gasteiger partial charge in [0.05, 0.1) is 0 Å². The van der Waals surface area contributed by atoms with Crippen molar-refractivity contribution >= 4 is 0 Å². The highest BCUT2D eigenvalue weighted by Gasteiger charge is 2.26. The molecule has 0 saturated heterocycles. The van der Waals surface area contributed by atoms with Crippen LogP contribution in [0.1, 0.15) is 92.9 Å². The Hall–Kier alpha value is -0.300. The summed E-state index contributed by atoms with van der Waals surface area (Å²) in [4.78, 5) is 2.71. The molecule has 0 aromatic heterocycles. The maximum Gasteiger partial charge on any atom is 0.00382 e. The molecule has 0 spiro atoms. The van der Waals surface area contributed by atoms with Crippen LogP contribution in [0.15, 0.2) is 12.7 Å². The Balaban J connectivity index is 4.21. The van der Waals surface area contributed by atoms with E-state index in [1.807, 2.05) is 0 Å². The molecule has 0 saturated carbocycles. The van der Waals surface area contributed by atoms with Gasteiger partial charge in [0.15, 0.2) is 0 Å². The summed E-state index contributed by atoms with van der Waals surface area (Å²) in [5.41, 5.74) is 0.323. The minimum absolute atomic E-state index is 0.323. The van der Waals surface area contributed by atoms with Gasteiger partial charge in [0.2, 0.25) is 0 Å². The molecule has 0 aromatic rings. The summed E-state index contributed by atoms with van der Waals surface area (Å²) in [6.07, 6.45) is 13.1. The zero-order chi connectivity index (χ0) is 17.7. The van der Waals surface area contributed by atoms with Gasteiger partial charge in [0.25, 0.3) is 0 Å². The third-order valence-electron chi connectivity index (χ3n) is 5.52. The number of hydrogen-bond acceptors (Lipinski definition) is 1. The minimum Gasteiger partial charge on any atom is -0.303 e. The number of nitrogens with zero attached hydrogens (tertiary/aromatic N) is 1. The monoisotopic (exact) mass is 323 g/mol. The summed E-state index contributed by atoms with van der Waals surface area (Å²) < 4.78 is 0. The highest BCUT2D eigenvalue weighted by atomic mass is 15.1. The molecule has 0 N–H and O–H groups in total.